The molecular formula is C22H28N2O2S. The highest BCUT2D eigenvalue weighted by Crippen LogP contribution is 2.40. The maximum Gasteiger partial charge on any atom is 0.257 e. The molecule has 5 heteroatoms. The zero-order chi connectivity index (χ0) is 19.4. The minimum absolute atomic E-state index is 0.0673. The third-order valence-electron chi connectivity index (χ3n) is 4.92. The average Bonchev–Trinajstić information content (AvgIpc) is 3.21. The van der Waals surface area contributed by atoms with Gasteiger partial charge in [-0.3, -0.25) is 9.59 Å². The molecule has 3 rings (SSSR count). The topological polar surface area (TPSA) is 49.4 Å². The van der Waals surface area contributed by atoms with Gasteiger partial charge in [0, 0.05) is 23.5 Å². The lowest BCUT2D eigenvalue weighted by Crippen LogP contribution is -2.33. The fourth-order valence-corrected chi connectivity index (χ4v) is 4.97. The molecule has 2 amide bonds. The molecule has 0 unspecified atom stereocenters. The van der Waals surface area contributed by atoms with Crippen LogP contribution in [0.15, 0.2) is 24.3 Å². The second kappa shape index (κ2) is 8.70. The Hall–Kier alpha value is -2.14. The zero-order valence-corrected chi connectivity index (χ0v) is 17.2. The molecular weight excluding hydrogens is 356 g/mol. The minimum atomic E-state index is -0.148. The van der Waals surface area contributed by atoms with Crippen LogP contribution < -0.4 is 5.32 Å². The molecule has 1 N–H and O–H groups in total. The Morgan fingerprint density at radius 2 is 1.89 bits per heavy atom. The van der Waals surface area contributed by atoms with E-state index in [2.05, 4.69) is 19.2 Å². The standard InChI is InChI=1S/C22H28N2O2S/c1-4-12-24(13-5-2)22(26)19-17-10-7-11-18(17)27-21(19)23-20(25)16-9-6-8-15(3)14-16/h6,8-9,14H,4-5,7,10-13H2,1-3H3,(H,23,25). The van der Waals surface area contributed by atoms with Crippen LogP contribution >= 0.6 is 11.3 Å². The van der Waals surface area contributed by atoms with Crippen LogP contribution in [0.4, 0.5) is 5.00 Å². The first-order valence-electron chi connectivity index (χ1n) is 9.87. The molecule has 1 heterocycles. The molecule has 4 nitrogen and oxygen atoms in total. The summed E-state index contributed by atoms with van der Waals surface area (Å²) < 4.78 is 0. The summed E-state index contributed by atoms with van der Waals surface area (Å²) in [4.78, 5) is 29.3. The van der Waals surface area contributed by atoms with Crippen LogP contribution in [0.1, 0.15) is 69.8 Å². The van der Waals surface area contributed by atoms with E-state index in [0.717, 1.165) is 61.9 Å². The second-order valence-corrected chi connectivity index (χ2v) is 8.28. The summed E-state index contributed by atoms with van der Waals surface area (Å²) in [7, 11) is 0. The van der Waals surface area contributed by atoms with Gasteiger partial charge in [0.15, 0.2) is 0 Å². The van der Waals surface area contributed by atoms with Crippen molar-refractivity contribution in [3.8, 4) is 0 Å². The number of carbonyl (C=O) groups excluding carboxylic acids is 2. The molecule has 1 aromatic heterocycles. The Morgan fingerprint density at radius 1 is 1.15 bits per heavy atom. The lowest BCUT2D eigenvalue weighted by atomic mass is 10.1. The number of thiophene rings is 1. The summed E-state index contributed by atoms with van der Waals surface area (Å²) in [6, 6.07) is 7.54. The lowest BCUT2D eigenvalue weighted by molar-refractivity contribution is 0.0756. The minimum Gasteiger partial charge on any atom is -0.339 e. The maximum atomic E-state index is 13.3. The van der Waals surface area contributed by atoms with Crippen molar-refractivity contribution in [1.82, 2.24) is 4.90 Å². The first kappa shape index (κ1) is 19.6. The van der Waals surface area contributed by atoms with Crippen LogP contribution in [0.5, 0.6) is 0 Å². The molecule has 27 heavy (non-hydrogen) atoms. The molecule has 0 bridgehead atoms. The number of fused-ring (bicyclic) bond motifs is 1. The molecule has 1 aliphatic carbocycles. The van der Waals surface area contributed by atoms with Crippen molar-refractivity contribution < 1.29 is 9.59 Å². The summed E-state index contributed by atoms with van der Waals surface area (Å²) in [6.07, 6.45) is 4.89. The highest BCUT2D eigenvalue weighted by Gasteiger charge is 2.29. The van der Waals surface area contributed by atoms with Gasteiger partial charge >= 0.3 is 0 Å². The number of rotatable bonds is 7. The number of nitrogens with zero attached hydrogens (tertiary/aromatic N) is 1. The van der Waals surface area contributed by atoms with Crippen molar-refractivity contribution in [3.05, 3.63) is 51.4 Å². The van der Waals surface area contributed by atoms with Crippen LogP contribution in [0.2, 0.25) is 0 Å². The number of benzene rings is 1. The van der Waals surface area contributed by atoms with Crippen molar-refractivity contribution in [2.75, 3.05) is 18.4 Å². The van der Waals surface area contributed by atoms with Gasteiger partial charge < -0.3 is 10.2 Å². The quantitative estimate of drug-likeness (QED) is 0.725. The molecule has 0 fully saturated rings. The first-order valence-corrected chi connectivity index (χ1v) is 10.7. The Bertz CT molecular complexity index is 835. The molecule has 0 saturated carbocycles. The van der Waals surface area contributed by atoms with Crippen LogP contribution in [0.3, 0.4) is 0 Å². The van der Waals surface area contributed by atoms with Crippen LogP contribution in [-0.4, -0.2) is 29.8 Å². The third-order valence-corrected chi connectivity index (χ3v) is 6.12. The molecule has 1 aromatic carbocycles. The highest BCUT2D eigenvalue weighted by atomic mass is 32.1. The normalized spacial score (nSPS) is 12.7. The van der Waals surface area contributed by atoms with Gasteiger partial charge in [-0.25, -0.2) is 0 Å². The Labute approximate surface area is 165 Å². The van der Waals surface area contributed by atoms with E-state index in [1.54, 1.807) is 11.3 Å². The number of aryl methyl sites for hydroxylation is 2. The third kappa shape index (κ3) is 4.24. The summed E-state index contributed by atoms with van der Waals surface area (Å²) >= 11 is 1.58. The van der Waals surface area contributed by atoms with Gasteiger partial charge in [-0.1, -0.05) is 31.5 Å². The first-order chi connectivity index (χ1) is 13.0. The fraction of sp³-hybridized carbons (Fsp3) is 0.455. The predicted molar refractivity (Wildman–Crippen MR) is 112 cm³/mol. The van der Waals surface area contributed by atoms with Crippen LogP contribution in [0, 0.1) is 6.92 Å². The number of nitrogens with one attached hydrogen (secondary N) is 1. The fourth-order valence-electron chi connectivity index (χ4n) is 3.69. The summed E-state index contributed by atoms with van der Waals surface area (Å²) in [5, 5.41) is 3.75. The average molecular weight is 385 g/mol. The van der Waals surface area contributed by atoms with Crippen molar-refractivity contribution in [2.45, 2.75) is 52.9 Å². The van der Waals surface area contributed by atoms with Crippen molar-refractivity contribution in [2.24, 2.45) is 0 Å². The van der Waals surface area contributed by atoms with E-state index in [-0.39, 0.29) is 11.8 Å². The van der Waals surface area contributed by atoms with Gasteiger partial charge in [0.2, 0.25) is 0 Å². The van der Waals surface area contributed by atoms with E-state index in [9.17, 15) is 9.59 Å². The molecule has 144 valence electrons. The van der Waals surface area contributed by atoms with Crippen molar-refractivity contribution in [1.29, 1.82) is 0 Å². The monoisotopic (exact) mass is 384 g/mol. The Morgan fingerprint density at radius 3 is 2.56 bits per heavy atom. The molecule has 0 aliphatic heterocycles. The molecule has 0 atom stereocenters. The summed E-state index contributed by atoms with van der Waals surface area (Å²) in [5.74, 6) is -0.0807. The van der Waals surface area contributed by atoms with Gasteiger partial charge in [-0.05, 0) is 56.7 Å². The number of carbonyl (C=O) groups is 2. The van der Waals surface area contributed by atoms with Gasteiger partial charge in [-0.2, -0.15) is 0 Å². The number of hydrogen-bond acceptors (Lipinski definition) is 3. The van der Waals surface area contributed by atoms with Crippen molar-refractivity contribution in [3.63, 3.8) is 0 Å². The Balaban J connectivity index is 1.92. The van der Waals surface area contributed by atoms with Gasteiger partial charge in [-0.15, -0.1) is 11.3 Å². The highest BCUT2D eigenvalue weighted by molar-refractivity contribution is 7.17. The summed E-state index contributed by atoms with van der Waals surface area (Å²) in [5.41, 5.74) is 3.56. The van der Waals surface area contributed by atoms with Crippen LogP contribution in [0.25, 0.3) is 0 Å². The number of hydrogen-bond donors (Lipinski definition) is 1. The van der Waals surface area contributed by atoms with Gasteiger partial charge in [0.25, 0.3) is 11.8 Å². The molecule has 0 spiro atoms. The molecule has 2 aromatic rings. The van der Waals surface area contributed by atoms with E-state index >= 15 is 0 Å². The van der Waals surface area contributed by atoms with E-state index in [0.29, 0.717) is 10.6 Å². The second-order valence-electron chi connectivity index (χ2n) is 7.18. The maximum absolute atomic E-state index is 13.3. The lowest BCUT2D eigenvalue weighted by Gasteiger charge is -2.22. The van der Waals surface area contributed by atoms with E-state index < -0.39 is 0 Å². The Kier molecular flexibility index (Phi) is 6.32. The van der Waals surface area contributed by atoms with E-state index in [1.165, 1.54) is 4.88 Å². The number of amides is 2. The SMILES string of the molecule is CCCN(CCC)C(=O)c1c(NC(=O)c2cccc(C)c2)sc2c1CCC2. The molecule has 1 aliphatic rings. The van der Waals surface area contributed by atoms with E-state index in [4.69, 9.17) is 0 Å². The zero-order valence-electron chi connectivity index (χ0n) is 16.4. The van der Waals surface area contributed by atoms with E-state index in [1.807, 2.05) is 36.1 Å². The van der Waals surface area contributed by atoms with Gasteiger partial charge in [0.1, 0.15) is 5.00 Å². The summed E-state index contributed by atoms with van der Waals surface area (Å²) in [6.45, 7) is 7.66. The van der Waals surface area contributed by atoms with Gasteiger partial charge in [0.05, 0.1) is 5.56 Å². The number of anilines is 1. The predicted octanol–water partition coefficient (Wildman–Crippen LogP) is 5.06. The van der Waals surface area contributed by atoms with Crippen molar-refractivity contribution >= 4 is 28.2 Å². The largest absolute Gasteiger partial charge is 0.339 e. The van der Waals surface area contributed by atoms with Crippen LogP contribution in [-0.2, 0) is 12.8 Å². The molecule has 0 saturated heterocycles. The molecule has 0 radical (unpaired) electrons. The smallest absolute Gasteiger partial charge is 0.257 e.